The summed E-state index contributed by atoms with van der Waals surface area (Å²) in [5.41, 5.74) is 0.0231. The molecule has 0 amide bonds. The lowest BCUT2D eigenvalue weighted by Gasteiger charge is -1.55. The van der Waals surface area contributed by atoms with Crippen LogP contribution in [0.4, 0.5) is 0 Å². The SMILES string of the molecule is C=O.CC1OC1Cl. The molecule has 0 saturated carbocycles. The summed E-state index contributed by atoms with van der Waals surface area (Å²) < 4.78 is 4.68. The van der Waals surface area contributed by atoms with Crippen molar-refractivity contribution < 1.29 is 9.53 Å². The summed E-state index contributed by atoms with van der Waals surface area (Å²) in [5.74, 6) is 0. The Morgan fingerprint density at radius 3 is 1.86 bits per heavy atom. The number of alkyl halides is 1. The summed E-state index contributed by atoms with van der Waals surface area (Å²) in [5, 5.41) is 0. The van der Waals surface area contributed by atoms with Gasteiger partial charge in [-0.2, -0.15) is 0 Å². The van der Waals surface area contributed by atoms with Crippen molar-refractivity contribution in [3.63, 3.8) is 0 Å². The molecule has 42 valence electrons. The minimum absolute atomic E-state index is 0.0231. The number of rotatable bonds is 0. The van der Waals surface area contributed by atoms with E-state index in [9.17, 15) is 0 Å². The molecular weight excluding hydrogens is 115 g/mol. The first-order chi connectivity index (χ1) is 3.30. The molecule has 0 aromatic rings. The number of ether oxygens (including phenoxy) is 1. The molecule has 1 fully saturated rings. The molecule has 0 aromatic carbocycles. The van der Waals surface area contributed by atoms with Crippen LogP contribution in [0, 0.1) is 0 Å². The first-order valence-corrected chi connectivity index (χ1v) is 2.33. The third-order valence-corrected chi connectivity index (χ3v) is 1.09. The van der Waals surface area contributed by atoms with Gasteiger partial charge in [-0.3, -0.25) is 0 Å². The highest BCUT2D eigenvalue weighted by atomic mass is 35.5. The van der Waals surface area contributed by atoms with Crippen molar-refractivity contribution in [2.24, 2.45) is 0 Å². The Balaban J connectivity index is 0.000000162. The van der Waals surface area contributed by atoms with Crippen LogP contribution in [-0.4, -0.2) is 18.5 Å². The van der Waals surface area contributed by atoms with Crippen molar-refractivity contribution in [3.05, 3.63) is 0 Å². The minimum atomic E-state index is 0.0231. The predicted molar refractivity (Wildman–Crippen MR) is 27.3 cm³/mol. The van der Waals surface area contributed by atoms with Crippen molar-refractivity contribution in [2.45, 2.75) is 18.6 Å². The molecule has 1 rings (SSSR count). The van der Waals surface area contributed by atoms with E-state index in [-0.39, 0.29) is 5.56 Å². The van der Waals surface area contributed by atoms with Crippen LogP contribution >= 0.6 is 11.6 Å². The average Bonchev–Trinajstić information content (AvgIpc) is 2.27. The Hall–Kier alpha value is -0.0800. The molecule has 2 nitrogen and oxygen atoms in total. The van der Waals surface area contributed by atoms with E-state index >= 15 is 0 Å². The lowest BCUT2D eigenvalue weighted by molar-refractivity contribution is -0.0979. The van der Waals surface area contributed by atoms with Gasteiger partial charge in [0.1, 0.15) is 6.79 Å². The molecular formula is C4H7ClO2. The van der Waals surface area contributed by atoms with Gasteiger partial charge in [-0.15, -0.1) is 0 Å². The number of halogens is 1. The molecule has 2 atom stereocenters. The predicted octanol–water partition coefficient (Wildman–Crippen LogP) is 0.785. The fourth-order valence-electron chi connectivity index (χ4n) is 0.160. The zero-order valence-corrected chi connectivity index (χ0v) is 4.81. The van der Waals surface area contributed by atoms with Crippen LogP contribution in [0.3, 0.4) is 0 Å². The minimum Gasteiger partial charge on any atom is -0.353 e. The van der Waals surface area contributed by atoms with Crippen LogP contribution in [0.2, 0.25) is 0 Å². The Bertz CT molecular complexity index is 51.7. The maximum absolute atomic E-state index is 8.00. The molecule has 0 spiro atoms. The van der Waals surface area contributed by atoms with Crippen molar-refractivity contribution >= 4 is 18.4 Å². The van der Waals surface area contributed by atoms with Crippen LogP contribution < -0.4 is 0 Å². The van der Waals surface area contributed by atoms with Gasteiger partial charge in [-0.1, -0.05) is 11.6 Å². The van der Waals surface area contributed by atoms with E-state index in [2.05, 4.69) is 4.74 Å². The third-order valence-electron chi connectivity index (χ3n) is 0.637. The maximum Gasteiger partial charge on any atom is 0.157 e. The summed E-state index contributed by atoms with van der Waals surface area (Å²) in [7, 11) is 0. The summed E-state index contributed by atoms with van der Waals surface area (Å²) in [6.07, 6.45) is 0.316. The zero-order valence-electron chi connectivity index (χ0n) is 4.06. The first-order valence-electron chi connectivity index (χ1n) is 1.89. The van der Waals surface area contributed by atoms with Crippen molar-refractivity contribution in [1.29, 1.82) is 0 Å². The van der Waals surface area contributed by atoms with E-state index in [1.807, 2.05) is 13.7 Å². The highest BCUT2D eigenvalue weighted by Gasteiger charge is 2.30. The molecule has 1 aliphatic heterocycles. The lowest BCUT2D eigenvalue weighted by atomic mass is 10.6. The van der Waals surface area contributed by atoms with Crippen LogP contribution in [0.5, 0.6) is 0 Å². The van der Waals surface area contributed by atoms with Crippen LogP contribution in [0.1, 0.15) is 6.92 Å². The van der Waals surface area contributed by atoms with Crippen LogP contribution in [-0.2, 0) is 9.53 Å². The third kappa shape index (κ3) is 2.60. The van der Waals surface area contributed by atoms with Gasteiger partial charge in [-0.25, -0.2) is 0 Å². The van der Waals surface area contributed by atoms with Gasteiger partial charge >= 0.3 is 0 Å². The van der Waals surface area contributed by atoms with Crippen molar-refractivity contribution in [1.82, 2.24) is 0 Å². The summed E-state index contributed by atoms with van der Waals surface area (Å²) in [6, 6.07) is 0. The van der Waals surface area contributed by atoms with Crippen LogP contribution in [0.15, 0.2) is 0 Å². The lowest BCUT2D eigenvalue weighted by Crippen LogP contribution is -1.69. The number of hydrogen-bond donors (Lipinski definition) is 0. The second-order valence-electron chi connectivity index (χ2n) is 1.19. The number of carbonyl (C=O) groups is 1. The number of hydrogen-bond acceptors (Lipinski definition) is 2. The van der Waals surface area contributed by atoms with E-state index in [1.54, 1.807) is 0 Å². The summed E-state index contributed by atoms with van der Waals surface area (Å²) >= 11 is 5.31. The fourth-order valence-corrected chi connectivity index (χ4v) is 0.322. The van der Waals surface area contributed by atoms with Gasteiger partial charge in [0.2, 0.25) is 0 Å². The highest BCUT2D eigenvalue weighted by Crippen LogP contribution is 2.23. The van der Waals surface area contributed by atoms with Crippen molar-refractivity contribution in [3.8, 4) is 0 Å². The second-order valence-corrected chi connectivity index (χ2v) is 1.62. The van der Waals surface area contributed by atoms with E-state index in [1.165, 1.54) is 0 Å². The largest absolute Gasteiger partial charge is 0.353 e. The van der Waals surface area contributed by atoms with E-state index < -0.39 is 0 Å². The first kappa shape index (κ1) is 6.92. The van der Waals surface area contributed by atoms with E-state index in [0.29, 0.717) is 6.10 Å². The van der Waals surface area contributed by atoms with E-state index in [0.717, 1.165) is 0 Å². The normalized spacial score (nSPS) is 35.7. The Kier molecular flexibility index (Phi) is 2.96. The fraction of sp³-hybridized carbons (Fsp3) is 0.750. The highest BCUT2D eigenvalue weighted by molar-refractivity contribution is 6.21. The van der Waals surface area contributed by atoms with Gasteiger partial charge in [0.25, 0.3) is 0 Å². The molecule has 1 heterocycles. The van der Waals surface area contributed by atoms with Gasteiger partial charge in [0, 0.05) is 0 Å². The van der Waals surface area contributed by atoms with Gasteiger partial charge < -0.3 is 9.53 Å². The Morgan fingerprint density at radius 1 is 1.71 bits per heavy atom. The van der Waals surface area contributed by atoms with Gasteiger partial charge in [0.15, 0.2) is 5.56 Å². The second kappa shape index (κ2) is 2.99. The molecule has 0 radical (unpaired) electrons. The zero-order chi connectivity index (χ0) is 5.86. The molecule has 3 heteroatoms. The molecule has 0 bridgehead atoms. The monoisotopic (exact) mass is 122 g/mol. The molecule has 7 heavy (non-hydrogen) atoms. The smallest absolute Gasteiger partial charge is 0.157 e. The summed E-state index contributed by atoms with van der Waals surface area (Å²) in [6.45, 7) is 3.94. The molecule has 2 unspecified atom stereocenters. The molecule has 0 aliphatic carbocycles. The average molecular weight is 123 g/mol. The standard InChI is InChI=1S/C3H5ClO.CH2O/c1-2-3(4)5-2;1-2/h2-3H,1H3;1H2. The Labute approximate surface area is 47.4 Å². The maximum atomic E-state index is 8.00. The van der Waals surface area contributed by atoms with Crippen molar-refractivity contribution in [2.75, 3.05) is 0 Å². The number of epoxide rings is 1. The van der Waals surface area contributed by atoms with Gasteiger partial charge in [-0.05, 0) is 6.92 Å². The quantitative estimate of drug-likeness (QED) is 0.351. The van der Waals surface area contributed by atoms with E-state index in [4.69, 9.17) is 16.4 Å². The summed E-state index contributed by atoms with van der Waals surface area (Å²) in [4.78, 5) is 8.00. The molecule has 1 aliphatic rings. The number of carbonyl (C=O) groups excluding carboxylic acids is 1. The van der Waals surface area contributed by atoms with Gasteiger partial charge in [0.05, 0.1) is 6.10 Å². The molecule has 1 saturated heterocycles. The van der Waals surface area contributed by atoms with Crippen LogP contribution in [0.25, 0.3) is 0 Å². The topological polar surface area (TPSA) is 29.6 Å². The molecule has 0 aromatic heterocycles. The Morgan fingerprint density at radius 2 is 1.86 bits per heavy atom. The molecule has 0 N–H and O–H groups in total.